The highest BCUT2D eigenvalue weighted by Crippen LogP contribution is 2.34. The molecule has 0 bridgehead atoms. The van der Waals surface area contributed by atoms with Gasteiger partial charge < -0.3 is 9.64 Å². The van der Waals surface area contributed by atoms with Crippen LogP contribution in [0, 0.1) is 6.92 Å². The van der Waals surface area contributed by atoms with Crippen molar-refractivity contribution in [2.24, 2.45) is 7.05 Å². The molecule has 1 aliphatic rings. The molecule has 0 spiro atoms. The first-order chi connectivity index (χ1) is 16.4. The first-order valence-corrected chi connectivity index (χ1v) is 11.3. The van der Waals surface area contributed by atoms with Crippen molar-refractivity contribution in [3.63, 3.8) is 0 Å². The third kappa shape index (κ3) is 3.90. The molecule has 4 aromatic rings. The van der Waals surface area contributed by atoms with Crippen molar-refractivity contribution in [3.8, 4) is 16.9 Å². The highest BCUT2D eigenvalue weighted by atomic mass is 32.1. The van der Waals surface area contributed by atoms with Gasteiger partial charge in [-0.1, -0.05) is 29.5 Å². The average Bonchev–Trinajstić information content (AvgIpc) is 3.53. The molecule has 0 radical (unpaired) electrons. The molecule has 2 amide bonds. The lowest BCUT2D eigenvalue weighted by molar-refractivity contribution is 0.0733. The fourth-order valence-electron chi connectivity index (χ4n) is 3.86. The van der Waals surface area contributed by atoms with E-state index in [0.717, 1.165) is 27.4 Å². The number of rotatable bonds is 5. The van der Waals surface area contributed by atoms with E-state index in [4.69, 9.17) is 4.74 Å². The number of para-hydroxylation sites is 1. The predicted molar refractivity (Wildman–Crippen MR) is 126 cm³/mol. The zero-order valence-electron chi connectivity index (χ0n) is 18.8. The van der Waals surface area contributed by atoms with Crippen LogP contribution in [0.15, 0.2) is 42.9 Å². The van der Waals surface area contributed by atoms with Crippen LogP contribution in [0.2, 0.25) is 0 Å². The second-order valence-electron chi connectivity index (χ2n) is 7.78. The molecule has 10 nitrogen and oxygen atoms in total. The quantitative estimate of drug-likeness (QED) is 0.472. The molecule has 5 rings (SSSR count). The summed E-state index contributed by atoms with van der Waals surface area (Å²) in [7, 11) is 3.28. The molecule has 4 heterocycles. The summed E-state index contributed by atoms with van der Waals surface area (Å²) in [5.41, 5.74) is 3.51. The molecule has 1 N–H and O–H groups in total. The van der Waals surface area contributed by atoms with Gasteiger partial charge in [0, 0.05) is 30.1 Å². The average molecular weight is 476 g/mol. The Balaban J connectivity index is 1.36. The van der Waals surface area contributed by atoms with Crippen LogP contribution >= 0.6 is 11.3 Å². The molecule has 34 heavy (non-hydrogen) atoms. The van der Waals surface area contributed by atoms with Gasteiger partial charge in [-0.3, -0.25) is 19.9 Å². The minimum absolute atomic E-state index is 0.206. The Bertz CT molecular complexity index is 1390. The van der Waals surface area contributed by atoms with Crippen LogP contribution in [0.5, 0.6) is 5.75 Å². The summed E-state index contributed by atoms with van der Waals surface area (Å²) >= 11 is 1.36. The van der Waals surface area contributed by atoms with Crippen LogP contribution in [0.25, 0.3) is 11.1 Å². The zero-order chi connectivity index (χ0) is 23.8. The summed E-state index contributed by atoms with van der Waals surface area (Å²) in [5.74, 6) is 0.429. The lowest BCUT2D eigenvalue weighted by Crippen LogP contribution is -2.28. The fraction of sp³-hybridized carbons (Fsp3) is 0.217. The summed E-state index contributed by atoms with van der Waals surface area (Å²) in [4.78, 5) is 41.4. The SMILES string of the molecule is COc1ccccc1-c1cc(C)ncc1C(=O)Nc1nc2c(s1)CN(C(=O)c1ncnn1C)C2. The van der Waals surface area contributed by atoms with Gasteiger partial charge in [-0.15, -0.1) is 0 Å². The lowest BCUT2D eigenvalue weighted by atomic mass is 9.99. The Morgan fingerprint density at radius 2 is 1.97 bits per heavy atom. The normalized spacial score (nSPS) is 12.5. The first kappa shape index (κ1) is 21.7. The number of carbonyl (C=O) groups excluding carboxylic acids is 2. The van der Waals surface area contributed by atoms with E-state index in [1.165, 1.54) is 22.3 Å². The van der Waals surface area contributed by atoms with E-state index in [9.17, 15) is 9.59 Å². The van der Waals surface area contributed by atoms with Crippen LogP contribution in [-0.4, -0.2) is 48.6 Å². The van der Waals surface area contributed by atoms with Crippen LogP contribution in [0.4, 0.5) is 5.13 Å². The summed E-state index contributed by atoms with van der Waals surface area (Å²) in [6, 6.07) is 9.40. The minimum atomic E-state index is -0.312. The summed E-state index contributed by atoms with van der Waals surface area (Å²) < 4.78 is 6.94. The number of methoxy groups -OCH3 is 1. The highest BCUT2D eigenvalue weighted by molar-refractivity contribution is 7.16. The number of carbonyl (C=O) groups is 2. The summed E-state index contributed by atoms with van der Waals surface area (Å²) in [6.07, 6.45) is 2.92. The maximum Gasteiger partial charge on any atom is 0.292 e. The number of ether oxygens (including phenoxy) is 1. The molecule has 0 fully saturated rings. The van der Waals surface area contributed by atoms with Crippen LogP contribution in [-0.2, 0) is 20.1 Å². The minimum Gasteiger partial charge on any atom is -0.496 e. The van der Waals surface area contributed by atoms with E-state index in [1.54, 1.807) is 25.3 Å². The van der Waals surface area contributed by atoms with Gasteiger partial charge >= 0.3 is 0 Å². The number of aromatic nitrogens is 5. The van der Waals surface area contributed by atoms with Gasteiger partial charge in [0.1, 0.15) is 12.1 Å². The molecule has 0 aliphatic carbocycles. The molecular weight excluding hydrogens is 454 g/mol. The Morgan fingerprint density at radius 3 is 2.71 bits per heavy atom. The Hall–Kier alpha value is -4.12. The van der Waals surface area contributed by atoms with E-state index in [-0.39, 0.29) is 17.6 Å². The Kier molecular flexibility index (Phi) is 5.54. The number of pyridine rings is 1. The fourth-order valence-corrected chi connectivity index (χ4v) is 4.85. The number of amides is 2. The van der Waals surface area contributed by atoms with Crippen molar-refractivity contribution >= 4 is 28.3 Å². The third-order valence-corrected chi connectivity index (χ3v) is 6.54. The molecule has 0 unspecified atom stereocenters. The zero-order valence-corrected chi connectivity index (χ0v) is 19.6. The highest BCUT2D eigenvalue weighted by Gasteiger charge is 2.30. The number of fused-ring (bicyclic) bond motifs is 1. The number of thiazole rings is 1. The second kappa shape index (κ2) is 8.67. The van der Waals surface area contributed by atoms with Gasteiger partial charge in [-0.25, -0.2) is 14.6 Å². The van der Waals surface area contributed by atoms with Crippen molar-refractivity contribution in [3.05, 3.63) is 70.5 Å². The standard InChI is InChI=1S/C23H21N7O3S/c1-13-8-15(14-6-4-5-7-18(14)33-3)16(9-24-13)21(31)28-23-27-17-10-30(11-19(17)34-23)22(32)20-25-12-26-29(20)2/h4-9,12H,10-11H2,1-3H3,(H,27,28,31). The van der Waals surface area contributed by atoms with Gasteiger partial charge in [-0.2, -0.15) is 5.10 Å². The lowest BCUT2D eigenvalue weighted by Gasteiger charge is -2.14. The summed E-state index contributed by atoms with van der Waals surface area (Å²) in [6.45, 7) is 2.64. The van der Waals surface area contributed by atoms with E-state index in [0.29, 0.717) is 29.5 Å². The van der Waals surface area contributed by atoms with Crippen LogP contribution in [0.1, 0.15) is 37.2 Å². The number of nitrogens with one attached hydrogen (secondary N) is 1. The second-order valence-corrected chi connectivity index (χ2v) is 8.87. The molecular formula is C23H21N7O3S. The molecule has 172 valence electrons. The molecule has 0 atom stereocenters. The number of anilines is 1. The van der Waals surface area contributed by atoms with Crippen molar-refractivity contribution in [2.75, 3.05) is 12.4 Å². The van der Waals surface area contributed by atoms with Gasteiger partial charge in [0.25, 0.3) is 11.8 Å². The number of nitrogens with zero attached hydrogens (tertiary/aromatic N) is 6. The van der Waals surface area contributed by atoms with Crippen LogP contribution in [0.3, 0.4) is 0 Å². The van der Waals surface area contributed by atoms with Crippen molar-refractivity contribution in [2.45, 2.75) is 20.0 Å². The van der Waals surface area contributed by atoms with E-state index in [2.05, 4.69) is 25.4 Å². The summed E-state index contributed by atoms with van der Waals surface area (Å²) in [5, 5.41) is 7.32. The maximum atomic E-state index is 13.2. The van der Waals surface area contributed by atoms with E-state index < -0.39 is 0 Å². The van der Waals surface area contributed by atoms with Gasteiger partial charge in [0.2, 0.25) is 5.82 Å². The third-order valence-electron chi connectivity index (χ3n) is 5.55. The topological polar surface area (TPSA) is 115 Å². The smallest absolute Gasteiger partial charge is 0.292 e. The number of hydrogen-bond acceptors (Lipinski definition) is 8. The Morgan fingerprint density at radius 1 is 1.15 bits per heavy atom. The number of hydrogen-bond donors (Lipinski definition) is 1. The molecule has 0 saturated carbocycles. The first-order valence-electron chi connectivity index (χ1n) is 10.5. The molecule has 11 heteroatoms. The number of aryl methyl sites for hydroxylation is 2. The van der Waals surface area contributed by atoms with Gasteiger partial charge in [-0.05, 0) is 19.1 Å². The molecule has 1 aliphatic heterocycles. The van der Waals surface area contributed by atoms with Gasteiger partial charge in [0.15, 0.2) is 5.13 Å². The monoisotopic (exact) mass is 475 g/mol. The Labute approximate surface area is 199 Å². The van der Waals surface area contributed by atoms with Crippen LogP contribution < -0.4 is 10.1 Å². The van der Waals surface area contributed by atoms with E-state index in [1.807, 2.05) is 37.3 Å². The van der Waals surface area contributed by atoms with E-state index >= 15 is 0 Å². The van der Waals surface area contributed by atoms with Crippen molar-refractivity contribution in [1.29, 1.82) is 0 Å². The van der Waals surface area contributed by atoms with Crippen molar-refractivity contribution in [1.82, 2.24) is 29.6 Å². The predicted octanol–water partition coefficient (Wildman–Crippen LogP) is 3.06. The van der Waals surface area contributed by atoms with Crippen molar-refractivity contribution < 1.29 is 14.3 Å². The van der Waals surface area contributed by atoms with Gasteiger partial charge in [0.05, 0.1) is 36.3 Å². The molecule has 3 aromatic heterocycles. The molecule has 0 saturated heterocycles. The molecule has 1 aromatic carbocycles. The number of benzene rings is 1. The largest absolute Gasteiger partial charge is 0.496 e. The maximum absolute atomic E-state index is 13.2.